The summed E-state index contributed by atoms with van der Waals surface area (Å²) >= 11 is 0. The molecule has 0 aliphatic heterocycles. The number of carbonyl (C=O) groups is 1. The summed E-state index contributed by atoms with van der Waals surface area (Å²) in [5.41, 5.74) is 8.62. The molecule has 4 aromatic rings. The predicted octanol–water partition coefficient (Wildman–Crippen LogP) is 5.61. The number of aromatic nitrogens is 2. The van der Waals surface area contributed by atoms with Gasteiger partial charge in [-0.1, -0.05) is 97.1 Å². The Hall–Kier alpha value is -3.92. The number of hydrogen-bond donors (Lipinski definition) is 1. The van der Waals surface area contributed by atoms with E-state index in [0.29, 0.717) is 6.04 Å². The second-order valence-electron chi connectivity index (χ2n) is 9.79. The number of amides is 1. The number of rotatable bonds is 8. The first-order chi connectivity index (χ1) is 17.6. The Morgan fingerprint density at radius 2 is 1.53 bits per heavy atom. The van der Waals surface area contributed by atoms with Crippen molar-refractivity contribution in [2.75, 3.05) is 0 Å². The third-order valence-electron chi connectivity index (χ3n) is 7.87. The molecule has 5 rings (SSSR count). The molecule has 1 aliphatic rings. The lowest BCUT2D eigenvalue weighted by atomic mass is 9.64. The van der Waals surface area contributed by atoms with Crippen LogP contribution in [0.2, 0.25) is 0 Å². The van der Waals surface area contributed by atoms with Gasteiger partial charge in [-0.2, -0.15) is 0 Å². The van der Waals surface area contributed by atoms with Crippen LogP contribution in [0.1, 0.15) is 47.8 Å². The molecule has 2 atom stereocenters. The van der Waals surface area contributed by atoms with E-state index in [1.807, 2.05) is 42.5 Å². The van der Waals surface area contributed by atoms with Gasteiger partial charge in [-0.3, -0.25) is 4.79 Å². The maximum Gasteiger partial charge on any atom is 0.253 e. The number of primary amides is 1. The van der Waals surface area contributed by atoms with Crippen molar-refractivity contribution in [3.63, 3.8) is 0 Å². The zero-order valence-corrected chi connectivity index (χ0v) is 20.8. The molecule has 4 heteroatoms. The van der Waals surface area contributed by atoms with Gasteiger partial charge in [0.15, 0.2) is 0 Å². The van der Waals surface area contributed by atoms with Crippen LogP contribution < -0.4 is 10.3 Å². The molecule has 0 saturated heterocycles. The van der Waals surface area contributed by atoms with Crippen LogP contribution in [0.15, 0.2) is 109 Å². The van der Waals surface area contributed by atoms with E-state index in [2.05, 4.69) is 89.1 Å². The molecule has 0 spiro atoms. The molecule has 1 amide bonds. The van der Waals surface area contributed by atoms with Crippen molar-refractivity contribution in [1.29, 1.82) is 0 Å². The first kappa shape index (κ1) is 23.8. The van der Waals surface area contributed by atoms with Crippen LogP contribution in [0.5, 0.6) is 0 Å². The summed E-state index contributed by atoms with van der Waals surface area (Å²) < 4.78 is 4.67. The van der Waals surface area contributed by atoms with E-state index < -0.39 is 5.41 Å². The Morgan fingerprint density at radius 3 is 2.11 bits per heavy atom. The van der Waals surface area contributed by atoms with Gasteiger partial charge in [0.2, 0.25) is 5.91 Å². The molecule has 1 saturated carbocycles. The summed E-state index contributed by atoms with van der Waals surface area (Å²) in [6.07, 6.45) is 11.6. The van der Waals surface area contributed by atoms with Crippen molar-refractivity contribution >= 4 is 12.0 Å². The van der Waals surface area contributed by atoms with Crippen molar-refractivity contribution in [3.05, 3.63) is 132 Å². The summed E-state index contributed by atoms with van der Waals surface area (Å²) in [4.78, 5) is 13.4. The van der Waals surface area contributed by atoms with Crippen LogP contribution in [-0.2, 0) is 16.8 Å². The Bertz CT molecular complexity index is 1290. The zero-order chi connectivity index (χ0) is 25.0. The fourth-order valence-electron chi connectivity index (χ4n) is 6.09. The summed E-state index contributed by atoms with van der Waals surface area (Å²) in [6.45, 7) is 3.00. The standard InChI is InChI=1S/C32H33N3O/c1-25-34(21-11-14-26-12-5-2-6-13-26)22-23-35(25)30-20-19-29(24-30)32(31(33)36,27-15-7-3-8-16-27)28-17-9-4-10-18-28/h2-18,22-23,29-30H,19-21,24H2,1H3,(H-,33,36)/p+1/t29-,30+/m0/s1. The number of benzene rings is 3. The maximum absolute atomic E-state index is 13.4. The largest absolute Gasteiger partial charge is 0.369 e. The Balaban J connectivity index is 1.41. The topological polar surface area (TPSA) is 51.9 Å². The second-order valence-corrected chi connectivity index (χ2v) is 9.79. The quantitative estimate of drug-likeness (QED) is 0.330. The smallest absolute Gasteiger partial charge is 0.253 e. The van der Waals surface area contributed by atoms with Crippen molar-refractivity contribution in [1.82, 2.24) is 4.57 Å². The van der Waals surface area contributed by atoms with Gasteiger partial charge in [-0.25, -0.2) is 9.13 Å². The molecular formula is C32H34N3O+. The number of carbonyl (C=O) groups excluding carboxylic acids is 1. The van der Waals surface area contributed by atoms with Crippen molar-refractivity contribution in [2.45, 2.75) is 44.2 Å². The predicted molar refractivity (Wildman–Crippen MR) is 144 cm³/mol. The van der Waals surface area contributed by atoms with E-state index >= 15 is 0 Å². The summed E-state index contributed by atoms with van der Waals surface area (Å²) in [6, 6.07) is 30.9. The molecule has 36 heavy (non-hydrogen) atoms. The number of allylic oxidation sites excluding steroid dienone is 1. The minimum absolute atomic E-state index is 0.123. The normalized spacial score (nSPS) is 18.0. The Kier molecular flexibility index (Phi) is 6.86. The molecule has 4 nitrogen and oxygen atoms in total. The van der Waals surface area contributed by atoms with Crippen LogP contribution in [0, 0.1) is 12.8 Å². The van der Waals surface area contributed by atoms with Crippen molar-refractivity contribution in [3.8, 4) is 0 Å². The minimum Gasteiger partial charge on any atom is -0.369 e. The van der Waals surface area contributed by atoms with Gasteiger partial charge in [-0.05, 0) is 47.9 Å². The lowest BCUT2D eigenvalue weighted by Crippen LogP contribution is -2.47. The summed E-state index contributed by atoms with van der Waals surface area (Å²) in [7, 11) is 0. The second kappa shape index (κ2) is 10.4. The lowest BCUT2D eigenvalue weighted by molar-refractivity contribution is -0.692. The fraction of sp³-hybridized carbons (Fsp3) is 0.250. The molecule has 1 aromatic heterocycles. The minimum atomic E-state index is -0.841. The van der Waals surface area contributed by atoms with Crippen molar-refractivity contribution < 1.29 is 9.36 Å². The molecule has 182 valence electrons. The van der Waals surface area contributed by atoms with E-state index in [4.69, 9.17) is 5.73 Å². The summed E-state index contributed by atoms with van der Waals surface area (Å²) in [5, 5.41) is 0. The molecular weight excluding hydrogens is 442 g/mol. The molecule has 3 aromatic carbocycles. The first-order valence-electron chi connectivity index (χ1n) is 12.8. The Morgan fingerprint density at radius 1 is 0.944 bits per heavy atom. The van der Waals surface area contributed by atoms with Gasteiger partial charge in [0.25, 0.3) is 5.82 Å². The third kappa shape index (κ3) is 4.39. The first-order valence-corrected chi connectivity index (χ1v) is 12.8. The highest BCUT2D eigenvalue weighted by molar-refractivity contribution is 5.91. The van der Waals surface area contributed by atoms with Gasteiger partial charge in [0.05, 0.1) is 0 Å². The zero-order valence-electron chi connectivity index (χ0n) is 20.8. The number of nitrogens with two attached hydrogens (primary N) is 1. The fourth-order valence-corrected chi connectivity index (χ4v) is 6.09. The highest BCUT2D eigenvalue weighted by Gasteiger charge is 2.51. The van der Waals surface area contributed by atoms with Crippen LogP contribution in [0.25, 0.3) is 6.08 Å². The molecule has 1 fully saturated rings. The summed E-state index contributed by atoms with van der Waals surface area (Å²) in [5.74, 6) is 1.08. The SMILES string of the molecule is Cc1n([C@@H]2CC[C@H](C(C(N)=O)(c3ccccc3)c3ccccc3)C2)cc[n+]1CC=Cc1ccccc1. The average Bonchev–Trinajstić information content (AvgIpc) is 3.53. The molecule has 1 aliphatic carbocycles. The van der Waals surface area contributed by atoms with Crippen LogP contribution in [-0.4, -0.2) is 10.5 Å². The molecule has 0 radical (unpaired) electrons. The van der Waals surface area contributed by atoms with E-state index in [1.54, 1.807) is 0 Å². The third-order valence-corrected chi connectivity index (χ3v) is 7.87. The van der Waals surface area contributed by atoms with Crippen LogP contribution in [0.4, 0.5) is 0 Å². The van der Waals surface area contributed by atoms with E-state index in [0.717, 1.165) is 36.9 Å². The van der Waals surface area contributed by atoms with Gasteiger partial charge >= 0.3 is 0 Å². The molecule has 2 N–H and O–H groups in total. The van der Waals surface area contributed by atoms with Crippen LogP contribution >= 0.6 is 0 Å². The molecule has 0 unspecified atom stereocenters. The number of hydrogen-bond acceptors (Lipinski definition) is 1. The average molecular weight is 477 g/mol. The van der Waals surface area contributed by atoms with E-state index in [-0.39, 0.29) is 11.8 Å². The van der Waals surface area contributed by atoms with Gasteiger partial charge in [0.1, 0.15) is 30.4 Å². The van der Waals surface area contributed by atoms with E-state index in [1.165, 1.54) is 11.4 Å². The van der Waals surface area contributed by atoms with Gasteiger partial charge < -0.3 is 5.73 Å². The molecule has 0 bridgehead atoms. The highest BCUT2D eigenvalue weighted by Crippen LogP contribution is 2.49. The molecule has 1 heterocycles. The lowest BCUT2D eigenvalue weighted by Gasteiger charge is -2.37. The number of nitrogens with zero attached hydrogens (tertiary/aromatic N) is 2. The van der Waals surface area contributed by atoms with Gasteiger partial charge in [0, 0.05) is 6.92 Å². The monoisotopic (exact) mass is 476 g/mol. The number of imidazole rings is 1. The van der Waals surface area contributed by atoms with E-state index in [9.17, 15) is 4.79 Å². The van der Waals surface area contributed by atoms with Crippen LogP contribution in [0.3, 0.4) is 0 Å². The maximum atomic E-state index is 13.4. The van der Waals surface area contributed by atoms with Gasteiger partial charge in [-0.15, -0.1) is 0 Å². The van der Waals surface area contributed by atoms with Crippen molar-refractivity contribution in [2.24, 2.45) is 11.7 Å². The Labute approximate surface area is 213 Å². The highest BCUT2D eigenvalue weighted by atomic mass is 16.1.